The van der Waals surface area contributed by atoms with Gasteiger partial charge in [-0.1, -0.05) is 26.8 Å². The molecule has 3 aromatic rings. The van der Waals surface area contributed by atoms with Gasteiger partial charge in [0.2, 0.25) is 0 Å². The van der Waals surface area contributed by atoms with Crippen molar-refractivity contribution in [2.24, 2.45) is 0 Å². The molecule has 2 aromatic heterocycles. The van der Waals surface area contributed by atoms with Crippen molar-refractivity contribution in [3.8, 4) is 0 Å². The molecule has 0 spiro atoms. The normalized spacial score (nSPS) is 15.0. The molecule has 3 heterocycles. The second-order valence-corrected chi connectivity index (χ2v) is 8.09. The van der Waals surface area contributed by atoms with Crippen LogP contribution in [0.2, 0.25) is 0 Å². The largest absolute Gasteiger partial charge is 0.370 e. The molecule has 0 bridgehead atoms. The Hall–Kier alpha value is -3.19. The SMILES string of the molecule is CC(C)(C)c1nc(C(=O)Nc2ccc(N3CCOCC3=O)cc2)c2ccccn12. The summed E-state index contributed by atoms with van der Waals surface area (Å²) in [6.45, 7) is 7.36. The van der Waals surface area contributed by atoms with Crippen LogP contribution in [0.4, 0.5) is 11.4 Å². The first kappa shape index (κ1) is 19.1. The predicted molar refractivity (Wildman–Crippen MR) is 111 cm³/mol. The van der Waals surface area contributed by atoms with Gasteiger partial charge in [-0.05, 0) is 36.4 Å². The van der Waals surface area contributed by atoms with Gasteiger partial charge in [0, 0.05) is 29.5 Å². The van der Waals surface area contributed by atoms with Crippen molar-refractivity contribution in [1.29, 1.82) is 0 Å². The molecule has 0 aliphatic carbocycles. The summed E-state index contributed by atoms with van der Waals surface area (Å²) in [4.78, 5) is 31.2. The van der Waals surface area contributed by atoms with Crippen LogP contribution in [0.15, 0.2) is 48.7 Å². The van der Waals surface area contributed by atoms with Crippen LogP contribution in [0.3, 0.4) is 0 Å². The topological polar surface area (TPSA) is 75.9 Å². The maximum Gasteiger partial charge on any atom is 0.276 e. The van der Waals surface area contributed by atoms with Gasteiger partial charge >= 0.3 is 0 Å². The number of pyridine rings is 1. The molecule has 0 unspecified atom stereocenters. The van der Waals surface area contributed by atoms with E-state index >= 15 is 0 Å². The Morgan fingerprint density at radius 3 is 2.59 bits per heavy atom. The zero-order valence-corrected chi connectivity index (χ0v) is 16.8. The number of morpholine rings is 1. The van der Waals surface area contributed by atoms with E-state index in [9.17, 15) is 9.59 Å². The van der Waals surface area contributed by atoms with Crippen LogP contribution in [-0.2, 0) is 14.9 Å². The van der Waals surface area contributed by atoms with Gasteiger partial charge in [0.15, 0.2) is 5.69 Å². The molecule has 1 fully saturated rings. The highest BCUT2D eigenvalue weighted by atomic mass is 16.5. The van der Waals surface area contributed by atoms with Crippen LogP contribution in [0.5, 0.6) is 0 Å². The van der Waals surface area contributed by atoms with E-state index in [4.69, 9.17) is 4.74 Å². The van der Waals surface area contributed by atoms with Crippen LogP contribution >= 0.6 is 0 Å². The smallest absolute Gasteiger partial charge is 0.276 e. The Morgan fingerprint density at radius 1 is 1.14 bits per heavy atom. The van der Waals surface area contributed by atoms with E-state index in [-0.39, 0.29) is 23.8 Å². The first-order valence-electron chi connectivity index (χ1n) is 9.62. The maximum atomic E-state index is 12.9. The standard InChI is InChI=1S/C22H24N4O3/c1-22(2,3)21-24-19(17-6-4-5-11-26(17)21)20(28)23-15-7-9-16(10-8-15)25-12-13-29-14-18(25)27/h4-11H,12-14H2,1-3H3,(H,23,28). The van der Waals surface area contributed by atoms with Crippen LogP contribution in [0.25, 0.3) is 5.52 Å². The number of nitrogens with zero attached hydrogens (tertiary/aromatic N) is 3. The summed E-state index contributed by atoms with van der Waals surface area (Å²) < 4.78 is 7.12. The third-order valence-corrected chi connectivity index (χ3v) is 4.86. The molecule has 29 heavy (non-hydrogen) atoms. The molecule has 1 saturated heterocycles. The van der Waals surface area contributed by atoms with Crippen LogP contribution in [0.1, 0.15) is 37.1 Å². The molecule has 1 aliphatic heterocycles. The average molecular weight is 392 g/mol. The van der Waals surface area contributed by atoms with Crippen molar-refractivity contribution < 1.29 is 14.3 Å². The molecule has 1 aromatic carbocycles. The second kappa shape index (κ2) is 7.33. The molecule has 1 N–H and O–H groups in total. The number of anilines is 2. The van der Waals surface area contributed by atoms with E-state index in [1.165, 1.54) is 0 Å². The van der Waals surface area contributed by atoms with Crippen molar-refractivity contribution >= 4 is 28.7 Å². The van der Waals surface area contributed by atoms with Gasteiger partial charge in [-0.2, -0.15) is 0 Å². The Morgan fingerprint density at radius 2 is 1.90 bits per heavy atom. The van der Waals surface area contributed by atoms with E-state index in [0.717, 1.165) is 17.0 Å². The number of hydrogen-bond acceptors (Lipinski definition) is 4. The molecular formula is C22H24N4O3. The Bertz CT molecular complexity index is 1060. The number of rotatable bonds is 3. The van der Waals surface area contributed by atoms with E-state index < -0.39 is 0 Å². The molecule has 0 saturated carbocycles. The fourth-order valence-corrected chi connectivity index (χ4v) is 3.44. The zero-order chi connectivity index (χ0) is 20.6. The average Bonchev–Trinajstić information content (AvgIpc) is 3.09. The third kappa shape index (κ3) is 3.73. The summed E-state index contributed by atoms with van der Waals surface area (Å²) in [5.41, 5.74) is 2.40. The minimum atomic E-state index is -0.264. The summed E-state index contributed by atoms with van der Waals surface area (Å²) in [5.74, 6) is 0.506. The van der Waals surface area contributed by atoms with Crippen LogP contribution < -0.4 is 10.2 Å². The summed E-state index contributed by atoms with van der Waals surface area (Å²) in [7, 11) is 0. The summed E-state index contributed by atoms with van der Waals surface area (Å²) >= 11 is 0. The lowest BCUT2D eigenvalue weighted by atomic mass is 9.96. The van der Waals surface area contributed by atoms with Gasteiger partial charge in [0.25, 0.3) is 11.8 Å². The molecular weight excluding hydrogens is 368 g/mol. The number of carbonyl (C=O) groups is 2. The van der Waals surface area contributed by atoms with Gasteiger partial charge in [-0.15, -0.1) is 0 Å². The first-order valence-corrected chi connectivity index (χ1v) is 9.62. The highest BCUT2D eigenvalue weighted by molar-refractivity contribution is 6.07. The van der Waals surface area contributed by atoms with Crippen molar-refractivity contribution in [2.45, 2.75) is 26.2 Å². The second-order valence-electron chi connectivity index (χ2n) is 8.09. The zero-order valence-electron chi connectivity index (χ0n) is 16.8. The maximum absolute atomic E-state index is 12.9. The summed E-state index contributed by atoms with van der Waals surface area (Å²) in [5, 5.41) is 2.91. The minimum absolute atomic E-state index is 0.0628. The molecule has 0 atom stereocenters. The highest BCUT2D eigenvalue weighted by Crippen LogP contribution is 2.25. The van der Waals surface area contributed by atoms with Crippen molar-refractivity contribution in [3.63, 3.8) is 0 Å². The van der Waals surface area contributed by atoms with Gasteiger partial charge in [0.05, 0.1) is 12.1 Å². The lowest BCUT2D eigenvalue weighted by Crippen LogP contribution is -2.41. The fourth-order valence-electron chi connectivity index (χ4n) is 3.44. The number of nitrogens with one attached hydrogen (secondary N) is 1. The quantitative estimate of drug-likeness (QED) is 0.742. The Balaban J connectivity index is 1.58. The Labute approximate surface area is 169 Å². The van der Waals surface area contributed by atoms with Crippen LogP contribution in [0, 0.1) is 0 Å². The molecule has 0 radical (unpaired) electrons. The number of hydrogen-bond donors (Lipinski definition) is 1. The molecule has 4 rings (SSSR count). The first-order chi connectivity index (χ1) is 13.8. The number of benzene rings is 1. The number of amides is 2. The fraction of sp³-hybridized carbons (Fsp3) is 0.318. The predicted octanol–water partition coefficient (Wildman–Crippen LogP) is 3.25. The number of aromatic nitrogens is 2. The Kier molecular flexibility index (Phi) is 4.84. The lowest BCUT2D eigenvalue weighted by Gasteiger charge is -2.26. The number of imidazole rings is 1. The number of ether oxygens (including phenoxy) is 1. The lowest BCUT2D eigenvalue weighted by molar-refractivity contribution is -0.125. The van der Waals surface area contributed by atoms with E-state index in [1.54, 1.807) is 17.0 Å². The molecule has 7 nitrogen and oxygen atoms in total. The molecule has 150 valence electrons. The van der Waals surface area contributed by atoms with Crippen molar-refractivity contribution in [3.05, 3.63) is 60.2 Å². The molecule has 1 aliphatic rings. The van der Waals surface area contributed by atoms with Crippen molar-refractivity contribution in [2.75, 3.05) is 30.0 Å². The van der Waals surface area contributed by atoms with E-state index in [1.807, 2.05) is 40.9 Å². The third-order valence-electron chi connectivity index (χ3n) is 4.86. The monoisotopic (exact) mass is 392 g/mol. The summed E-state index contributed by atoms with van der Waals surface area (Å²) in [6.07, 6.45) is 1.92. The van der Waals surface area contributed by atoms with Gasteiger partial charge in [-0.25, -0.2) is 4.98 Å². The van der Waals surface area contributed by atoms with Gasteiger partial charge < -0.3 is 19.4 Å². The number of carbonyl (C=O) groups excluding carboxylic acids is 2. The molecule has 7 heteroatoms. The van der Waals surface area contributed by atoms with Crippen molar-refractivity contribution in [1.82, 2.24) is 9.38 Å². The van der Waals surface area contributed by atoms with E-state index in [0.29, 0.717) is 24.5 Å². The minimum Gasteiger partial charge on any atom is -0.370 e. The van der Waals surface area contributed by atoms with E-state index in [2.05, 4.69) is 31.1 Å². The van der Waals surface area contributed by atoms with Crippen LogP contribution in [-0.4, -0.2) is 41.0 Å². The molecule has 2 amide bonds. The summed E-state index contributed by atoms with van der Waals surface area (Å²) in [6, 6.07) is 12.9. The van der Waals surface area contributed by atoms with Gasteiger partial charge in [0.1, 0.15) is 12.4 Å². The highest BCUT2D eigenvalue weighted by Gasteiger charge is 2.25. The van der Waals surface area contributed by atoms with Gasteiger partial charge in [-0.3, -0.25) is 9.59 Å². The number of fused-ring (bicyclic) bond motifs is 1.